The van der Waals surface area contributed by atoms with Gasteiger partial charge in [-0.25, -0.2) is 9.78 Å². The molecule has 1 heterocycles. The average Bonchev–Trinajstić information content (AvgIpc) is 2.70. The molecule has 1 aromatic heterocycles. The van der Waals surface area contributed by atoms with Gasteiger partial charge in [-0.15, -0.1) is 11.3 Å². The molecular weight excluding hydrogens is 224 g/mol. The Morgan fingerprint density at radius 2 is 2.44 bits per heavy atom. The summed E-state index contributed by atoms with van der Waals surface area (Å²) >= 11 is 1.57. The molecule has 0 aromatic carbocycles. The van der Waals surface area contributed by atoms with Crippen LogP contribution in [0.15, 0.2) is 22.5 Å². The minimum Gasteiger partial charge on any atom is -0.478 e. The molecule has 88 valence electrons. The van der Waals surface area contributed by atoms with Crippen molar-refractivity contribution in [2.45, 2.75) is 19.9 Å². The predicted molar refractivity (Wildman–Crippen MR) is 64.5 cm³/mol. The minimum atomic E-state index is -0.829. The molecule has 0 bridgehead atoms. The first-order valence-electron chi connectivity index (χ1n) is 5.11. The second-order valence-corrected chi connectivity index (χ2v) is 4.28. The van der Waals surface area contributed by atoms with Crippen molar-refractivity contribution >= 4 is 17.3 Å². The molecule has 0 saturated carbocycles. The Morgan fingerprint density at radius 3 is 2.94 bits per heavy atom. The third-order valence-corrected chi connectivity index (χ3v) is 2.86. The summed E-state index contributed by atoms with van der Waals surface area (Å²) in [6.45, 7) is 3.23. The second-order valence-electron chi connectivity index (χ2n) is 3.56. The summed E-state index contributed by atoms with van der Waals surface area (Å²) in [6, 6.07) is 0. The number of aliphatic carboxylic acids is 1. The highest BCUT2D eigenvalue weighted by molar-refractivity contribution is 7.07. The van der Waals surface area contributed by atoms with Crippen LogP contribution in [0.4, 0.5) is 0 Å². The number of carboxylic acid groups (broad SMARTS) is 1. The first-order chi connectivity index (χ1) is 7.63. The molecule has 1 aromatic rings. The molecule has 0 fully saturated rings. The van der Waals surface area contributed by atoms with Gasteiger partial charge in [-0.3, -0.25) is 4.90 Å². The summed E-state index contributed by atoms with van der Waals surface area (Å²) in [5.41, 5.74) is 3.28. The van der Waals surface area contributed by atoms with E-state index in [2.05, 4.69) is 4.98 Å². The van der Waals surface area contributed by atoms with Crippen molar-refractivity contribution in [3.8, 4) is 0 Å². The maximum absolute atomic E-state index is 10.8. The lowest BCUT2D eigenvalue weighted by molar-refractivity contribution is -0.132. The molecule has 0 unspecified atom stereocenters. The number of aromatic nitrogens is 1. The molecule has 16 heavy (non-hydrogen) atoms. The van der Waals surface area contributed by atoms with Crippen molar-refractivity contribution in [1.82, 2.24) is 9.88 Å². The SMILES string of the molecule is CCC(=CCN(C)Cc1cscn1)C(=O)O. The van der Waals surface area contributed by atoms with Crippen LogP contribution in [0.2, 0.25) is 0 Å². The quantitative estimate of drug-likeness (QED) is 0.773. The fraction of sp³-hybridized carbons (Fsp3) is 0.455. The molecule has 0 aliphatic rings. The molecule has 0 spiro atoms. The normalized spacial score (nSPS) is 12.1. The topological polar surface area (TPSA) is 53.4 Å². The van der Waals surface area contributed by atoms with Crippen molar-refractivity contribution in [1.29, 1.82) is 0 Å². The third kappa shape index (κ3) is 4.12. The zero-order valence-corrected chi connectivity index (χ0v) is 10.3. The first kappa shape index (κ1) is 12.9. The van der Waals surface area contributed by atoms with E-state index in [1.54, 1.807) is 22.9 Å². The summed E-state index contributed by atoms with van der Waals surface area (Å²) in [5.74, 6) is -0.829. The van der Waals surface area contributed by atoms with Gasteiger partial charge in [0.25, 0.3) is 0 Å². The second kappa shape index (κ2) is 6.40. The molecule has 0 atom stereocenters. The molecule has 0 amide bonds. The van der Waals surface area contributed by atoms with Crippen LogP contribution in [0, 0.1) is 0 Å². The molecule has 4 nitrogen and oxygen atoms in total. The maximum atomic E-state index is 10.8. The van der Waals surface area contributed by atoms with Gasteiger partial charge in [0.15, 0.2) is 0 Å². The van der Waals surface area contributed by atoms with Gasteiger partial charge >= 0.3 is 5.97 Å². The van der Waals surface area contributed by atoms with Crippen LogP contribution in [0.3, 0.4) is 0 Å². The van der Waals surface area contributed by atoms with Crippen molar-refractivity contribution in [3.63, 3.8) is 0 Å². The number of hydrogen-bond acceptors (Lipinski definition) is 4. The molecule has 0 saturated heterocycles. The number of carboxylic acids is 1. The van der Waals surface area contributed by atoms with Crippen molar-refractivity contribution in [3.05, 3.63) is 28.2 Å². The van der Waals surface area contributed by atoms with Crippen LogP contribution >= 0.6 is 11.3 Å². The van der Waals surface area contributed by atoms with Gasteiger partial charge in [0.1, 0.15) is 0 Å². The highest BCUT2D eigenvalue weighted by atomic mass is 32.1. The lowest BCUT2D eigenvalue weighted by atomic mass is 10.2. The van der Waals surface area contributed by atoms with Gasteiger partial charge in [-0.05, 0) is 13.5 Å². The summed E-state index contributed by atoms with van der Waals surface area (Å²) < 4.78 is 0. The lowest BCUT2D eigenvalue weighted by Crippen LogP contribution is -2.18. The van der Waals surface area contributed by atoms with Crippen molar-refractivity contribution in [2.24, 2.45) is 0 Å². The number of thiazole rings is 1. The minimum absolute atomic E-state index is 0.463. The van der Waals surface area contributed by atoms with E-state index in [4.69, 9.17) is 5.11 Å². The van der Waals surface area contributed by atoms with E-state index in [-0.39, 0.29) is 0 Å². The highest BCUT2D eigenvalue weighted by Crippen LogP contribution is 2.05. The number of nitrogens with zero attached hydrogens (tertiary/aromatic N) is 2. The molecular formula is C11H16N2O2S. The summed E-state index contributed by atoms with van der Waals surface area (Å²) in [7, 11) is 1.95. The predicted octanol–water partition coefficient (Wildman–Crippen LogP) is 2.00. The van der Waals surface area contributed by atoms with Gasteiger partial charge in [0.2, 0.25) is 0 Å². The van der Waals surface area contributed by atoms with Gasteiger partial charge in [-0.2, -0.15) is 0 Å². The number of hydrogen-bond donors (Lipinski definition) is 1. The molecule has 1 rings (SSSR count). The van der Waals surface area contributed by atoms with E-state index in [0.717, 1.165) is 12.2 Å². The Morgan fingerprint density at radius 1 is 1.69 bits per heavy atom. The van der Waals surface area contributed by atoms with Crippen LogP contribution in [0.25, 0.3) is 0 Å². The van der Waals surface area contributed by atoms with E-state index >= 15 is 0 Å². The van der Waals surface area contributed by atoms with Gasteiger partial charge in [0.05, 0.1) is 11.2 Å². The zero-order chi connectivity index (χ0) is 12.0. The van der Waals surface area contributed by atoms with Crippen molar-refractivity contribution < 1.29 is 9.90 Å². The van der Waals surface area contributed by atoms with Gasteiger partial charge < -0.3 is 5.11 Å². The Balaban J connectivity index is 2.45. The van der Waals surface area contributed by atoms with E-state index in [1.807, 2.05) is 24.3 Å². The standard InChI is InChI=1S/C11H16N2O2S/c1-3-9(11(14)15)4-5-13(2)6-10-7-16-8-12-10/h4,7-8H,3,5-6H2,1-2H3,(H,14,15). The van der Waals surface area contributed by atoms with E-state index in [0.29, 0.717) is 18.5 Å². The van der Waals surface area contributed by atoms with Crippen LogP contribution in [0.1, 0.15) is 19.0 Å². The summed E-state index contributed by atoms with van der Waals surface area (Å²) in [6.07, 6.45) is 2.31. The summed E-state index contributed by atoms with van der Waals surface area (Å²) in [5, 5.41) is 10.8. The molecule has 0 aliphatic carbocycles. The van der Waals surface area contributed by atoms with Crippen LogP contribution < -0.4 is 0 Å². The Kier molecular flexibility index (Phi) is 5.14. The van der Waals surface area contributed by atoms with Crippen LogP contribution in [0.5, 0.6) is 0 Å². The number of likely N-dealkylation sites (N-methyl/N-ethyl adjacent to an activating group) is 1. The van der Waals surface area contributed by atoms with Gasteiger partial charge in [0, 0.05) is 24.0 Å². The van der Waals surface area contributed by atoms with E-state index in [9.17, 15) is 4.79 Å². The Labute approximate surface area is 99.2 Å². The maximum Gasteiger partial charge on any atom is 0.331 e. The average molecular weight is 240 g/mol. The van der Waals surface area contributed by atoms with E-state index < -0.39 is 5.97 Å². The first-order valence-corrected chi connectivity index (χ1v) is 6.05. The number of carbonyl (C=O) groups is 1. The Hall–Kier alpha value is -1.20. The molecule has 1 N–H and O–H groups in total. The van der Waals surface area contributed by atoms with Gasteiger partial charge in [-0.1, -0.05) is 13.0 Å². The third-order valence-electron chi connectivity index (χ3n) is 2.22. The van der Waals surface area contributed by atoms with Crippen LogP contribution in [-0.4, -0.2) is 34.6 Å². The zero-order valence-electron chi connectivity index (χ0n) is 9.51. The smallest absolute Gasteiger partial charge is 0.331 e. The fourth-order valence-corrected chi connectivity index (χ4v) is 1.86. The fourth-order valence-electron chi connectivity index (χ4n) is 1.31. The van der Waals surface area contributed by atoms with Crippen molar-refractivity contribution in [2.75, 3.05) is 13.6 Å². The summed E-state index contributed by atoms with van der Waals surface area (Å²) in [4.78, 5) is 17.0. The molecule has 0 aliphatic heterocycles. The highest BCUT2D eigenvalue weighted by Gasteiger charge is 2.05. The monoisotopic (exact) mass is 240 g/mol. The molecule has 5 heteroatoms. The molecule has 0 radical (unpaired) electrons. The van der Waals surface area contributed by atoms with Crippen LogP contribution in [-0.2, 0) is 11.3 Å². The lowest BCUT2D eigenvalue weighted by Gasteiger charge is -2.12. The van der Waals surface area contributed by atoms with E-state index in [1.165, 1.54) is 0 Å². The number of rotatable bonds is 6. The Bertz CT molecular complexity index is 360. The largest absolute Gasteiger partial charge is 0.478 e.